The van der Waals surface area contributed by atoms with Gasteiger partial charge in [0, 0.05) is 86.6 Å². The Hall–Kier alpha value is -13.3. The van der Waals surface area contributed by atoms with Crippen molar-refractivity contribution in [2.24, 2.45) is 0 Å². The van der Waals surface area contributed by atoms with Gasteiger partial charge in [0.05, 0.1) is 34.1 Å². The highest BCUT2D eigenvalue weighted by Gasteiger charge is 2.56. The lowest BCUT2D eigenvalue weighted by Crippen LogP contribution is -2.69. The van der Waals surface area contributed by atoms with Gasteiger partial charge in [0.2, 0.25) is 0 Å². The third kappa shape index (κ3) is 8.98. The van der Waals surface area contributed by atoms with Crippen LogP contribution in [-0.4, -0.2) is 20.1 Å². The van der Waals surface area contributed by atoms with Crippen LogP contribution in [0.1, 0.15) is 5.56 Å². The van der Waals surface area contributed by atoms with Gasteiger partial charge in [0.25, 0.3) is 20.1 Å². The molecule has 0 bridgehead atoms. The van der Waals surface area contributed by atoms with E-state index in [1.165, 1.54) is 48.5 Å². The van der Waals surface area contributed by atoms with Gasteiger partial charge in [-0.25, -0.2) is 35.1 Å². The van der Waals surface area contributed by atoms with Crippen molar-refractivity contribution in [2.75, 3.05) is 24.5 Å². The summed E-state index contributed by atoms with van der Waals surface area (Å²) in [6.07, 6.45) is 0. The molecule has 0 amide bonds. The molecule has 0 fully saturated rings. The second kappa shape index (κ2) is 22.9. The summed E-state index contributed by atoms with van der Waals surface area (Å²) in [6.45, 7) is -0.272. The van der Waals surface area contributed by atoms with Crippen molar-refractivity contribution in [3.05, 3.63) is 337 Å². The Morgan fingerprint density at radius 3 is 0.907 bits per heavy atom. The molecule has 0 unspecified atom stereocenters. The van der Waals surface area contributed by atoms with Crippen molar-refractivity contribution in [1.82, 2.24) is 0 Å². The maximum Gasteiger partial charge on any atom is 0.252 e. The quantitative estimate of drug-likeness (QED) is 0.111. The van der Waals surface area contributed by atoms with Gasteiger partial charge < -0.3 is 29.2 Å². The lowest BCUT2D eigenvalue weighted by atomic mass is 9.27. The van der Waals surface area contributed by atoms with Crippen LogP contribution in [0.3, 0.4) is 0 Å². The van der Waals surface area contributed by atoms with Crippen LogP contribution in [0.2, 0.25) is 0 Å². The largest absolute Gasteiger partial charge is 0.452 e. The number of hydrogen-bond acceptors (Lipinski definition) is 6. The molecular formula is C91H50B3F8N5O. The molecule has 0 atom stereocenters. The number of nitrogens with zero attached hydrogens (tertiary/aromatic N) is 5. The first-order valence-corrected chi connectivity index (χ1v) is 35.6. The SMILES string of the molecule is Cc1cc2c3c(c1)N(c1cc(F)cc(F)c1)c1cc4c(cc1B3c1ccc(-c3ccccc3)cc1N2c1cc(F)cc(F)c1)B1c2ccc(-c3ccccc3)c3c2N2c5c(ccc(-c6ccccc6)c5O3)B3c5ccc(-c6ccccc6)cc5N(c5cc(F)cc(F)c5)c5cc(c1c2c53)N4c1cc(F)cc(F)c1. The Morgan fingerprint density at radius 2 is 0.537 bits per heavy atom. The van der Waals surface area contributed by atoms with Crippen molar-refractivity contribution >= 4 is 155 Å². The van der Waals surface area contributed by atoms with E-state index in [1.54, 1.807) is 4.90 Å². The van der Waals surface area contributed by atoms with E-state index >= 15 is 35.1 Å². The van der Waals surface area contributed by atoms with Crippen LogP contribution in [0.15, 0.2) is 285 Å². The molecule has 22 rings (SSSR count). The topological polar surface area (TPSA) is 25.4 Å². The molecule has 510 valence electrons. The van der Waals surface area contributed by atoms with E-state index < -0.39 is 66.7 Å². The third-order valence-corrected chi connectivity index (χ3v) is 22.5. The predicted molar refractivity (Wildman–Crippen MR) is 420 cm³/mol. The first-order chi connectivity index (χ1) is 52.7. The van der Waals surface area contributed by atoms with E-state index in [4.69, 9.17) is 4.74 Å². The molecule has 15 aromatic rings. The number of anilines is 15. The molecule has 7 heterocycles. The second-order valence-corrected chi connectivity index (χ2v) is 28.6. The molecule has 17 heteroatoms. The monoisotopic (exact) mass is 1410 g/mol. The fourth-order valence-corrected chi connectivity index (χ4v) is 18.5. The zero-order valence-corrected chi connectivity index (χ0v) is 57.0. The van der Waals surface area contributed by atoms with Crippen LogP contribution in [0.5, 0.6) is 11.5 Å². The Kier molecular flexibility index (Phi) is 13.2. The number of benzene rings is 15. The van der Waals surface area contributed by atoms with Crippen molar-refractivity contribution in [2.45, 2.75) is 6.92 Å². The van der Waals surface area contributed by atoms with Gasteiger partial charge in [-0.1, -0.05) is 176 Å². The lowest BCUT2D eigenvalue weighted by Gasteiger charge is -2.53. The van der Waals surface area contributed by atoms with Gasteiger partial charge in [0.1, 0.15) is 46.5 Å². The van der Waals surface area contributed by atoms with Crippen LogP contribution in [0.4, 0.5) is 120 Å². The van der Waals surface area contributed by atoms with Crippen molar-refractivity contribution < 1.29 is 39.9 Å². The first kappa shape index (κ1) is 62.1. The van der Waals surface area contributed by atoms with Crippen LogP contribution >= 0.6 is 0 Å². The van der Waals surface area contributed by atoms with Crippen molar-refractivity contribution in [3.8, 4) is 56.0 Å². The van der Waals surface area contributed by atoms with Gasteiger partial charge in [-0.05, 0) is 180 Å². The van der Waals surface area contributed by atoms with Gasteiger partial charge in [-0.3, -0.25) is 0 Å². The Bertz CT molecular complexity index is 6410. The summed E-state index contributed by atoms with van der Waals surface area (Å²) in [7, 11) is 0. The number of halogens is 8. The van der Waals surface area contributed by atoms with Crippen molar-refractivity contribution in [3.63, 3.8) is 0 Å². The summed E-state index contributed by atoms with van der Waals surface area (Å²) in [5.74, 6) is -5.63. The normalized spacial score (nSPS) is 13.7. The Morgan fingerprint density at radius 1 is 0.231 bits per heavy atom. The van der Waals surface area contributed by atoms with E-state index in [0.29, 0.717) is 90.3 Å². The standard InChI is InChI=1S/C91H50B3F8N5O/c1-49-30-80-84-81(31-49)105(66-42-60(99)36-61(100)43-66)78-47-79-75(46-74(78)93(84)71-27-23-55(51-16-8-3-9-17-51)33-77(71)103(80)64-38-56(95)34-57(96)39-64)94-73-29-25-69(53-20-12-5-13-21-53)91-88(73)107-87-72(28-24-68(90(87)108-91)52-18-10-4-11-19-52)92-70-26-22-54(50-14-6-2-7-15-50)32-76(70)104(65-40-58(97)35-59(98)41-65)82-48-83(86(94)89(107)85(82)92)106(79)67-44-62(101)37-63(102)45-67/h2-48H,1H3. The highest BCUT2D eigenvalue weighted by molar-refractivity contribution is 7.06. The van der Waals surface area contributed by atoms with Gasteiger partial charge in [0.15, 0.2) is 11.5 Å². The van der Waals surface area contributed by atoms with E-state index in [0.717, 1.165) is 107 Å². The molecule has 108 heavy (non-hydrogen) atoms. The second-order valence-electron chi connectivity index (χ2n) is 28.6. The van der Waals surface area contributed by atoms with Gasteiger partial charge in [-0.2, -0.15) is 0 Å². The van der Waals surface area contributed by atoms with Gasteiger partial charge >= 0.3 is 0 Å². The van der Waals surface area contributed by atoms with E-state index in [-0.39, 0.29) is 22.7 Å². The summed E-state index contributed by atoms with van der Waals surface area (Å²) in [5, 5.41) is 0. The summed E-state index contributed by atoms with van der Waals surface area (Å²) >= 11 is 0. The Balaban J connectivity index is 0.907. The molecule has 15 aromatic carbocycles. The van der Waals surface area contributed by atoms with Crippen LogP contribution in [0, 0.1) is 53.5 Å². The minimum absolute atomic E-state index is 0.0706. The third-order valence-electron chi connectivity index (χ3n) is 22.5. The van der Waals surface area contributed by atoms with E-state index in [9.17, 15) is 0 Å². The number of fused-ring (bicyclic) bond motifs is 10. The van der Waals surface area contributed by atoms with Crippen LogP contribution in [0.25, 0.3) is 44.5 Å². The highest BCUT2D eigenvalue weighted by Crippen LogP contribution is 2.61. The van der Waals surface area contributed by atoms with Crippen LogP contribution < -0.4 is 78.4 Å². The molecule has 0 saturated carbocycles. The Labute approximate surface area is 615 Å². The average Bonchev–Trinajstić information content (AvgIpc) is 0.656. The molecule has 0 saturated heterocycles. The summed E-state index contributed by atoms with van der Waals surface area (Å²) in [5.41, 5.74) is 20.9. The zero-order valence-electron chi connectivity index (χ0n) is 57.0. The molecule has 7 aliphatic heterocycles. The fourth-order valence-electron chi connectivity index (χ4n) is 18.5. The average molecular weight is 1410 g/mol. The molecule has 7 aliphatic rings. The number of aryl methyl sites for hydroxylation is 1. The molecular weight excluding hydrogens is 1360 g/mol. The fraction of sp³-hybridized carbons (Fsp3) is 0.0110. The maximum atomic E-state index is 17.0. The molecule has 0 spiro atoms. The minimum Gasteiger partial charge on any atom is -0.452 e. The molecule has 0 aliphatic carbocycles. The summed E-state index contributed by atoms with van der Waals surface area (Å²) < 4.78 is 140. The van der Waals surface area contributed by atoms with E-state index in [1.807, 2.05) is 173 Å². The first-order valence-electron chi connectivity index (χ1n) is 35.6. The molecule has 0 N–H and O–H groups in total. The number of ether oxygens (including phenoxy) is 1. The number of hydrogen-bond donors (Lipinski definition) is 0. The zero-order chi connectivity index (χ0) is 72.4. The minimum atomic E-state index is -0.882. The summed E-state index contributed by atoms with van der Waals surface area (Å²) in [4.78, 5) is 9.72. The molecule has 6 nitrogen and oxygen atoms in total. The van der Waals surface area contributed by atoms with Gasteiger partial charge in [-0.15, -0.1) is 0 Å². The molecule has 0 radical (unpaired) electrons. The predicted octanol–water partition coefficient (Wildman–Crippen LogP) is 18.7. The maximum absolute atomic E-state index is 17.0. The summed E-state index contributed by atoms with van der Waals surface area (Å²) in [6, 6.07) is 84.1. The van der Waals surface area contributed by atoms with Crippen molar-refractivity contribution in [1.29, 1.82) is 0 Å². The number of rotatable bonds is 8. The highest BCUT2D eigenvalue weighted by atomic mass is 19.2. The van der Waals surface area contributed by atoms with Crippen LogP contribution in [-0.2, 0) is 0 Å². The smallest absolute Gasteiger partial charge is 0.252 e. The molecule has 0 aromatic heterocycles. The van der Waals surface area contributed by atoms with E-state index in [2.05, 4.69) is 65.6 Å². The lowest BCUT2D eigenvalue weighted by molar-refractivity contribution is 0.481.